The van der Waals surface area contributed by atoms with Crippen molar-refractivity contribution in [1.29, 1.82) is 0 Å². The number of halogens is 1. The third-order valence-corrected chi connectivity index (χ3v) is 3.91. The van der Waals surface area contributed by atoms with Gasteiger partial charge in [0, 0.05) is 32.8 Å². The molecule has 0 atom stereocenters. The van der Waals surface area contributed by atoms with Crippen LogP contribution in [0.25, 0.3) is 0 Å². The van der Waals surface area contributed by atoms with E-state index in [9.17, 15) is 13.2 Å². The van der Waals surface area contributed by atoms with Gasteiger partial charge in [0.2, 0.25) is 5.91 Å². The van der Waals surface area contributed by atoms with E-state index in [4.69, 9.17) is 0 Å². The van der Waals surface area contributed by atoms with E-state index in [1.807, 2.05) is 0 Å². The number of carbonyl (C=O) groups excluding carboxylic acids is 1. The van der Waals surface area contributed by atoms with Gasteiger partial charge in [0.15, 0.2) is 9.84 Å². The highest BCUT2D eigenvalue weighted by Gasteiger charge is 2.10. The Kier molecular flexibility index (Phi) is 7.78. The predicted molar refractivity (Wildman–Crippen MR) is 81.8 cm³/mol. The lowest BCUT2D eigenvalue weighted by atomic mass is 10.2. The van der Waals surface area contributed by atoms with Gasteiger partial charge in [-0.1, -0.05) is 12.1 Å². The number of hydrogen-bond acceptors (Lipinski definition) is 4. The highest BCUT2D eigenvalue weighted by Crippen LogP contribution is 2.11. The zero-order valence-corrected chi connectivity index (χ0v) is 13.6. The van der Waals surface area contributed by atoms with Gasteiger partial charge in [0.1, 0.15) is 0 Å². The van der Waals surface area contributed by atoms with Crippen molar-refractivity contribution in [2.45, 2.75) is 17.9 Å². The second-order valence-electron chi connectivity index (χ2n) is 4.52. The molecule has 1 amide bonds. The highest BCUT2D eigenvalue weighted by atomic mass is 35.5. The molecular weight excluding hydrogens is 300 g/mol. The summed E-state index contributed by atoms with van der Waals surface area (Å²) in [6, 6.07) is 6.60. The van der Waals surface area contributed by atoms with Crippen LogP contribution in [0.5, 0.6) is 0 Å². The molecule has 1 rings (SSSR count). The summed E-state index contributed by atoms with van der Waals surface area (Å²) in [5.41, 5.74) is 0.910. The fourth-order valence-corrected chi connectivity index (χ4v) is 2.26. The maximum absolute atomic E-state index is 11.7. The van der Waals surface area contributed by atoms with Gasteiger partial charge in [-0.25, -0.2) is 8.42 Å². The molecule has 0 aliphatic rings. The van der Waals surface area contributed by atoms with E-state index in [0.717, 1.165) is 5.56 Å². The summed E-state index contributed by atoms with van der Waals surface area (Å²) < 4.78 is 22.6. The van der Waals surface area contributed by atoms with Crippen LogP contribution >= 0.6 is 12.4 Å². The Balaban J connectivity index is 0.00000361. The number of rotatable bonds is 6. The number of sulfone groups is 1. The van der Waals surface area contributed by atoms with Crippen molar-refractivity contribution in [3.05, 3.63) is 29.8 Å². The minimum Gasteiger partial charge on any atom is -0.341 e. The molecule has 1 aromatic rings. The number of amides is 1. The fraction of sp³-hybridized carbons (Fsp3) is 0.462. The third-order valence-electron chi connectivity index (χ3n) is 2.79. The normalized spacial score (nSPS) is 10.8. The van der Waals surface area contributed by atoms with Crippen molar-refractivity contribution < 1.29 is 13.2 Å². The average molecular weight is 321 g/mol. The topological polar surface area (TPSA) is 66.5 Å². The molecule has 0 spiro atoms. The van der Waals surface area contributed by atoms with Crippen molar-refractivity contribution in [2.24, 2.45) is 0 Å². The third kappa shape index (κ3) is 5.90. The molecule has 1 aromatic carbocycles. The molecule has 0 saturated carbocycles. The molecule has 5 nitrogen and oxygen atoms in total. The Bertz CT molecular complexity index is 529. The second-order valence-corrected chi connectivity index (χ2v) is 6.54. The van der Waals surface area contributed by atoms with E-state index in [0.29, 0.717) is 24.4 Å². The van der Waals surface area contributed by atoms with Crippen molar-refractivity contribution in [3.63, 3.8) is 0 Å². The minimum absolute atomic E-state index is 0. The van der Waals surface area contributed by atoms with E-state index in [1.165, 1.54) is 6.26 Å². The van der Waals surface area contributed by atoms with Gasteiger partial charge in [0.25, 0.3) is 0 Å². The molecule has 0 radical (unpaired) electrons. The summed E-state index contributed by atoms with van der Waals surface area (Å²) in [4.78, 5) is 13.6. The first-order valence-electron chi connectivity index (χ1n) is 6.02. The molecule has 1 N–H and O–H groups in total. The smallest absolute Gasteiger partial charge is 0.223 e. The van der Waals surface area contributed by atoms with Crippen LogP contribution in [-0.2, 0) is 21.2 Å². The van der Waals surface area contributed by atoms with Crippen molar-refractivity contribution >= 4 is 28.2 Å². The maximum Gasteiger partial charge on any atom is 0.223 e. The standard InChI is InChI=1S/C13H20N2O3S.ClH/c1-14-9-8-13(16)15(2)10-11-4-6-12(7-5-11)19(3,17)18;/h4-7,14H,8-10H2,1-3H3;1H. The molecule has 0 saturated heterocycles. The first-order valence-corrected chi connectivity index (χ1v) is 7.91. The second kappa shape index (κ2) is 8.24. The molecule has 0 unspecified atom stereocenters. The van der Waals surface area contributed by atoms with E-state index >= 15 is 0 Å². The molecule has 0 aliphatic carbocycles. The highest BCUT2D eigenvalue weighted by molar-refractivity contribution is 7.90. The first-order chi connectivity index (χ1) is 8.84. The first kappa shape index (κ1) is 18.9. The summed E-state index contributed by atoms with van der Waals surface area (Å²) in [6.45, 7) is 1.13. The Morgan fingerprint density at radius 1 is 1.25 bits per heavy atom. The van der Waals surface area contributed by atoms with Gasteiger partial charge in [-0.2, -0.15) is 0 Å². The molecule has 0 heterocycles. The number of carbonyl (C=O) groups is 1. The maximum atomic E-state index is 11.7. The Morgan fingerprint density at radius 3 is 2.25 bits per heavy atom. The van der Waals surface area contributed by atoms with Crippen LogP contribution in [0.4, 0.5) is 0 Å². The fourth-order valence-electron chi connectivity index (χ4n) is 1.63. The molecule has 0 aromatic heterocycles. The molecular formula is C13H21ClN2O3S. The predicted octanol–water partition coefficient (Wildman–Crippen LogP) is 1.08. The lowest BCUT2D eigenvalue weighted by Gasteiger charge is -2.17. The summed E-state index contributed by atoms with van der Waals surface area (Å²) in [5, 5.41) is 2.93. The largest absolute Gasteiger partial charge is 0.341 e. The van der Waals surface area contributed by atoms with Gasteiger partial charge in [0.05, 0.1) is 4.90 Å². The van der Waals surface area contributed by atoms with E-state index in [2.05, 4.69) is 5.32 Å². The van der Waals surface area contributed by atoms with Crippen LogP contribution in [0.1, 0.15) is 12.0 Å². The summed E-state index contributed by atoms with van der Waals surface area (Å²) >= 11 is 0. The Morgan fingerprint density at radius 2 is 1.80 bits per heavy atom. The summed E-state index contributed by atoms with van der Waals surface area (Å²) in [6.07, 6.45) is 1.63. The average Bonchev–Trinajstić information content (AvgIpc) is 2.35. The van der Waals surface area contributed by atoms with Gasteiger partial charge >= 0.3 is 0 Å². The molecule has 7 heteroatoms. The molecule has 0 aliphatic heterocycles. The van der Waals surface area contributed by atoms with Crippen molar-refractivity contribution in [3.8, 4) is 0 Å². The summed E-state index contributed by atoms with van der Waals surface area (Å²) in [7, 11) is 0.376. The number of nitrogens with zero attached hydrogens (tertiary/aromatic N) is 1. The zero-order valence-electron chi connectivity index (χ0n) is 11.9. The Hall–Kier alpha value is -1.11. The molecule has 0 bridgehead atoms. The van der Waals surface area contributed by atoms with E-state index in [1.54, 1.807) is 43.3 Å². The van der Waals surface area contributed by atoms with Gasteiger partial charge in [-0.05, 0) is 24.7 Å². The molecule has 20 heavy (non-hydrogen) atoms. The number of benzene rings is 1. The van der Waals surface area contributed by atoms with Crippen LogP contribution in [0, 0.1) is 0 Å². The van der Waals surface area contributed by atoms with Crippen molar-refractivity contribution in [1.82, 2.24) is 10.2 Å². The lowest BCUT2D eigenvalue weighted by molar-refractivity contribution is -0.130. The van der Waals surface area contributed by atoms with Gasteiger partial charge in [-0.3, -0.25) is 4.79 Å². The van der Waals surface area contributed by atoms with Crippen LogP contribution < -0.4 is 5.32 Å². The van der Waals surface area contributed by atoms with Gasteiger partial charge in [-0.15, -0.1) is 12.4 Å². The molecule has 114 valence electrons. The number of hydrogen-bond donors (Lipinski definition) is 1. The van der Waals surface area contributed by atoms with Gasteiger partial charge < -0.3 is 10.2 Å². The van der Waals surface area contributed by atoms with Crippen LogP contribution in [0.15, 0.2) is 29.2 Å². The quantitative estimate of drug-likeness (QED) is 0.852. The Labute approximate surface area is 126 Å². The van der Waals surface area contributed by atoms with E-state index in [-0.39, 0.29) is 18.3 Å². The number of nitrogens with one attached hydrogen (secondary N) is 1. The van der Waals surface area contributed by atoms with Crippen LogP contribution in [0.2, 0.25) is 0 Å². The minimum atomic E-state index is -3.17. The monoisotopic (exact) mass is 320 g/mol. The van der Waals surface area contributed by atoms with E-state index < -0.39 is 9.84 Å². The SMILES string of the molecule is CNCCC(=O)N(C)Cc1ccc(S(C)(=O)=O)cc1.Cl. The van der Waals surface area contributed by atoms with Crippen LogP contribution in [-0.4, -0.2) is 46.1 Å². The lowest BCUT2D eigenvalue weighted by Crippen LogP contribution is -2.28. The zero-order chi connectivity index (χ0) is 14.5. The summed E-state index contributed by atoms with van der Waals surface area (Å²) in [5.74, 6) is 0.0570. The van der Waals surface area contributed by atoms with Crippen molar-refractivity contribution in [2.75, 3.05) is 26.9 Å². The van der Waals surface area contributed by atoms with Crippen LogP contribution in [0.3, 0.4) is 0 Å². The molecule has 0 fully saturated rings.